The number of methoxy groups -OCH3 is 1. The van der Waals surface area contributed by atoms with Crippen molar-refractivity contribution in [2.75, 3.05) is 80.1 Å². The summed E-state index contributed by atoms with van der Waals surface area (Å²) in [7, 11) is 1.55. The van der Waals surface area contributed by atoms with Crippen LogP contribution in [0.1, 0.15) is 25.0 Å². The molecule has 0 bridgehead atoms. The van der Waals surface area contributed by atoms with Gasteiger partial charge in [0.2, 0.25) is 5.88 Å². The number of nitrogens with one attached hydrogen (secondary N) is 2. The molecule has 2 aliphatic rings. The quantitative estimate of drug-likeness (QED) is 0.0988. The van der Waals surface area contributed by atoms with Crippen LogP contribution in [0.4, 0.5) is 51.7 Å². The number of fused-ring (bicyclic) bond motifs is 2. The lowest BCUT2D eigenvalue weighted by molar-refractivity contribution is 0.122. The Morgan fingerprint density at radius 2 is 1.04 bits per heavy atom. The third-order valence-electron chi connectivity index (χ3n) is 12.5. The van der Waals surface area contributed by atoms with E-state index in [2.05, 4.69) is 50.3 Å². The molecular weight excluding hydrogens is 986 g/mol. The number of hydrogen-bond donors (Lipinski definition) is 2. The first kappa shape index (κ1) is 51.8. The van der Waals surface area contributed by atoms with Crippen LogP contribution in [0.5, 0.6) is 5.88 Å². The van der Waals surface area contributed by atoms with Crippen molar-refractivity contribution in [2.45, 2.75) is 27.7 Å². The summed E-state index contributed by atoms with van der Waals surface area (Å²) in [5.74, 6) is -2.46. The lowest BCUT2D eigenvalue weighted by atomic mass is 10.0. The smallest absolute Gasteiger partial charge is 0.222 e. The number of nitrogens with zero attached hydrogens (tertiary/aromatic N) is 9. The van der Waals surface area contributed by atoms with Crippen molar-refractivity contribution in [1.82, 2.24) is 34.9 Å². The molecule has 2 aliphatic heterocycles. The molecule has 0 radical (unpaired) electrons. The molecule has 19 heteroatoms. The summed E-state index contributed by atoms with van der Waals surface area (Å²) in [5.41, 5.74) is 8.81. The second-order valence-corrected chi connectivity index (χ2v) is 17.4. The molecule has 2 aromatic carbocycles. The minimum absolute atomic E-state index is 0.166. The van der Waals surface area contributed by atoms with Gasteiger partial charge in [-0.15, -0.1) is 0 Å². The standard InChI is InChI=1S/C30H26F2N6O2.C24H20ClF2N5O.C2H6/c1-18-27(23-7-3-4-8-33-23)36-24-15-19(31)14-22(32)26(24)28(18)37-25-16-20(38-10-12-40-13-11-38)17-35-29(25)21-6-5-9-34-30(21)39-2;1-14-22(18-4-2-3-5-28-18)30-19-11-15(26)10-17(27)21(19)23(14)31-20-12-16(13-29-24(20)25)32-6-8-33-9-7-32;1-2/h3-9,14-17H,10-13H2,1-2H3,(H,36,37);2-5,10-13H,6-9H2,1H3,(H,30,31);1-2H3. The van der Waals surface area contributed by atoms with Gasteiger partial charge in [0, 0.05) is 80.2 Å². The summed E-state index contributed by atoms with van der Waals surface area (Å²) in [4.78, 5) is 35.7. The van der Waals surface area contributed by atoms with Gasteiger partial charge in [0.15, 0.2) is 5.15 Å². The first-order chi connectivity index (χ1) is 36.5. The third kappa shape index (κ3) is 11.2. The van der Waals surface area contributed by atoms with Gasteiger partial charge >= 0.3 is 0 Å². The van der Waals surface area contributed by atoms with Crippen molar-refractivity contribution in [2.24, 2.45) is 0 Å². The summed E-state index contributed by atoms with van der Waals surface area (Å²) < 4.78 is 75.3. The molecule has 2 fully saturated rings. The predicted molar refractivity (Wildman–Crippen MR) is 286 cm³/mol. The summed E-state index contributed by atoms with van der Waals surface area (Å²) in [6, 6.07) is 22.5. The van der Waals surface area contributed by atoms with Gasteiger partial charge in [-0.25, -0.2) is 37.5 Å². The highest BCUT2D eigenvalue weighted by Crippen LogP contribution is 2.42. The van der Waals surface area contributed by atoms with Crippen LogP contribution in [-0.4, -0.2) is 94.6 Å². The molecule has 0 atom stereocenters. The van der Waals surface area contributed by atoms with Gasteiger partial charge in [-0.05, 0) is 62.4 Å². The molecule has 11 rings (SSSR count). The second-order valence-electron chi connectivity index (χ2n) is 17.0. The van der Waals surface area contributed by atoms with Crippen molar-refractivity contribution in [3.8, 4) is 39.9 Å². The van der Waals surface area contributed by atoms with Crippen molar-refractivity contribution in [3.63, 3.8) is 0 Å². The minimum Gasteiger partial charge on any atom is -0.481 e. The second kappa shape index (κ2) is 23.4. The highest BCUT2D eigenvalue weighted by atomic mass is 35.5. The van der Waals surface area contributed by atoms with Crippen LogP contribution in [0.3, 0.4) is 0 Å². The number of ether oxygens (including phenoxy) is 3. The van der Waals surface area contributed by atoms with Crippen molar-refractivity contribution in [3.05, 3.63) is 155 Å². The van der Waals surface area contributed by atoms with E-state index >= 15 is 4.39 Å². The topological polar surface area (TPSA) is 148 Å². The zero-order valence-corrected chi connectivity index (χ0v) is 42.5. The van der Waals surface area contributed by atoms with Crippen LogP contribution >= 0.6 is 11.6 Å². The van der Waals surface area contributed by atoms with Crippen LogP contribution < -0.4 is 25.2 Å². The Morgan fingerprint density at radius 3 is 1.53 bits per heavy atom. The van der Waals surface area contributed by atoms with E-state index in [0.29, 0.717) is 113 Å². The Balaban J connectivity index is 0.000000181. The fourth-order valence-corrected chi connectivity index (χ4v) is 9.06. The van der Waals surface area contributed by atoms with Crippen molar-refractivity contribution in [1.29, 1.82) is 0 Å². The van der Waals surface area contributed by atoms with Gasteiger partial charge in [-0.2, -0.15) is 0 Å². The van der Waals surface area contributed by atoms with Gasteiger partial charge in [0.1, 0.15) is 23.3 Å². The van der Waals surface area contributed by atoms with E-state index in [-0.39, 0.29) is 27.0 Å². The molecule has 0 amide bonds. The average Bonchev–Trinajstić information content (AvgIpc) is 3.45. The van der Waals surface area contributed by atoms with Gasteiger partial charge in [0.05, 0.1) is 136 Å². The van der Waals surface area contributed by atoms with Crippen molar-refractivity contribution < 1.29 is 31.8 Å². The number of rotatable bonds is 10. The summed E-state index contributed by atoms with van der Waals surface area (Å²) >= 11 is 6.41. The van der Waals surface area contributed by atoms with Gasteiger partial charge in [-0.3, -0.25) is 15.0 Å². The van der Waals surface area contributed by atoms with E-state index in [1.165, 1.54) is 12.1 Å². The number of aromatic nitrogens is 7. The van der Waals surface area contributed by atoms with Crippen LogP contribution in [0.15, 0.2) is 116 Å². The lowest BCUT2D eigenvalue weighted by Gasteiger charge is -2.29. The van der Waals surface area contributed by atoms with E-state index < -0.39 is 23.3 Å². The Kier molecular flexibility index (Phi) is 16.2. The largest absolute Gasteiger partial charge is 0.481 e. The van der Waals surface area contributed by atoms with E-state index in [0.717, 1.165) is 36.6 Å². The maximum atomic E-state index is 15.4. The molecule has 14 nitrogen and oxygen atoms in total. The number of hydrogen-bond acceptors (Lipinski definition) is 14. The number of pyridine rings is 7. The van der Waals surface area contributed by atoms with Crippen LogP contribution in [0, 0.1) is 37.1 Å². The van der Waals surface area contributed by atoms with E-state index in [9.17, 15) is 13.2 Å². The van der Waals surface area contributed by atoms with E-state index in [4.69, 9.17) is 30.8 Å². The molecule has 9 heterocycles. The summed E-state index contributed by atoms with van der Waals surface area (Å²) in [6.45, 7) is 13.0. The molecule has 384 valence electrons. The summed E-state index contributed by atoms with van der Waals surface area (Å²) in [6.07, 6.45) is 8.44. The lowest BCUT2D eigenvalue weighted by Crippen LogP contribution is -2.36. The van der Waals surface area contributed by atoms with E-state index in [1.807, 2.05) is 64.1 Å². The first-order valence-electron chi connectivity index (χ1n) is 24.3. The molecule has 0 saturated carbocycles. The zero-order valence-electron chi connectivity index (χ0n) is 41.8. The number of benzene rings is 2. The monoisotopic (exact) mass is 1040 g/mol. The van der Waals surface area contributed by atoms with Gasteiger partial charge in [0.25, 0.3) is 0 Å². The highest BCUT2D eigenvalue weighted by Gasteiger charge is 2.24. The Hall–Kier alpha value is -8.06. The molecule has 9 aromatic rings. The SMILES string of the molecule is CC.COc1ncccc1-c1ncc(N2CCOCC2)cc1Nc1c(C)c(-c2ccccn2)nc2cc(F)cc(F)c12.Cc1c(-c2ccccn2)nc2cc(F)cc(F)c2c1Nc1cc(N2CCOCC2)cnc1Cl. The van der Waals surface area contributed by atoms with Crippen molar-refractivity contribution >= 4 is 67.5 Å². The molecule has 75 heavy (non-hydrogen) atoms. The highest BCUT2D eigenvalue weighted by molar-refractivity contribution is 6.32. The zero-order chi connectivity index (χ0) is 52.6. The van der Waals surface area contributed by atoms with Crippen LogP contribution in [0.25, 0.3) is 55.8 Å². The number of anilines is 6. The third-order valence-corrected chi connectivity index (χ3v) is 12.8. The molecule has 7 aromatic heterocycles. The maximum absolute atomic E-state index is 15.4. The minimum atomic E-state index is -0.724. The van der Waals surface area contributed by atoms with Gasteiger partial charge in [-0.1, -0.05) is 37.6 Å². The predicted octanol–water partition coefficient (Wildman–Crippen LogP) is 12.5. The maximum Gasteiger partial charge on any atom is 0.222 e. The Bertz CT molecular complexity index is 3480. The van der Waals surface area contributed by atoms with Gasteiger partial charge < -0.3 is 34.6 Å². The average molecular weight is 1040 g/mol. The van der Waals surface area contributed by atoms with Crippen LogP contribution in [0.2, 0.25) is 5.15 Å². The summed E-state index contributed by atoms with van der Waals surface area (Å²) in [5, 5.41) is 7.27. The molecule has 2 N–H and O–H groups in total. The molecular formula is C56H52ClF4N11O3. The fourth-order valence-electron chi connectivity index (χ4n) is 8.91. The Morgan fingerprint density at radius 1 is 0.560 bits per heavy atom. The number of halogens is 5. The molecule has 2 saturated heterocycles. The first-order valence-corrected chi connectivity index (χ1v) is 24.7. The van der Waals surface area contributed by atoms with E-state index in [1.54, 1.807) is 62.4 Å². The normalized spacial score (nSPS) is 13.4. The molecule has 0 aliphatic carbocycles. The fraction of sp³-hybridized carbons (Fsp3) is 0.232. The molecule has 0 unspecified atom stereocenters. The molecule has 0 spiro atoms. The number of morpholine rings is 2. The Labute approximate surface area is 435 Å². The van der Waals surface area contributed by atoms with Crippen LogP contribution in [-0.2, 0) is 9.47 Å².